The highest BCUT2D eigenvalue weighted by atomic mass is 15.2. The van der Waals surface area contributed by atoms with E-state index in [9.17, 15) is 0 Å². The van der Waals surface area contributed by atoms with E-state index in [1.54, 1.807) is 0 Å². The Morgan fingerprint density at radius 3 is 1.83 bits per heavy atom. The van der Waals surface area contributed by atoms with Crippen LogP contribution in [0.4, 0.5) is 0 Å². The van der Waals surface area contributed by atoms with E-state index in [1.165, 1.54) is 65.0 Å². The Kier molecular flexibility index (Phi) is 6.78. The summed E-state index contributed by atoms with van der Waals surface area (Å²) in [5.74, 6) is 0.910. The Morgan fingerprint density at radius 2 is 1.38 bits per heavy atom. The van der Waals surface area contributed by atoms with Gasteiger partial charge in [-0.15, -0.1) is 0 Å². The lowest BCUT2D eigenvalue weighted by molar-refractivity contribution is 0.0566. The largest absolute Gasteiger partial charge is 0.302 e. The summed E-state index contributed by atoms with van der Waals surface area (Å²) in [6.45, 7) is 21.9. The molecule has 0 aromatic carbocycles. The molecule has 0 atom stereocenters. The van der Waals surface area contributed by atoms with Crippen LogP contribution in [0, 0.1) is 11.3 Å². The highest BCUT2D eigenvalue weighted by molar-refractivity contribution is 4.86. The lowest BCUT2D eigenvalue weighted by Crippen LogP contribution is -2.51. The molecule has 2 saturated heterocycles. The first-order valence-electron chi connectivity index (χ1n) is 10.2. The van der Waals surface area contributed by atoms with E-state index in [-0.39, 0.29) is 0 Å². The Labute approximate surface area is 151 Å². The lowest BCUT2D eigenvalue weighted by Gasteiger charge is -2.43. The van der Waals surface area contributed by atoms with Gasteiger partial charge in [-0.25, -0.2) is 0 Å². The summed E-state index contributed by atoms with van der Waals surface area (Å²) in [4.78, 5) is 7.98. The molecule has 0 aliphatic carbocycles. The first-order chi connectivity index (χ1) is 11.1. The minimum Gasteiger partial charge on any atom is -0.302 e. The minimum absolute atomic E-state index is 0.334. The van der Waals surface area contributed by atoms with Crippen LogP contribution in [0.15, 0.2) is 0 Å². The SMILES string of the molecule is CN(CCN1CCC(C(C)(C)C)CC1)C1CCN(C(C)(C)C)CC1. The van der Waals surface area contributed by atoms with Crippen LogP contribution >= 0.6 is 0 Å². The molecule has 142 valence electrons. The van der Waals surface area contributed by atoms with Crippen molar-refractivity contribution in [3.63, 3.8) is 0 Å². The third kappa shape index (κ3) is 5.71. The maximum Gasteiger partial charge on any atom is 0.0125 e. The van der Waals surface area contributed by atoms with Crippen molar-refractivity contribution in [1.82, 2.24) is 14.7 Å². The van der Waals surface area contributed by atoms with Crippen LogP contribution in [-0.2, 0) is 0 Å². The monoisotopic (exact) mass is 337 g/mol. The minimum atomic E-state index is 0.334. The van der Waals surface area contributed by atoms with Crippen molar-refractivity contribution in [3.05, 3.63) is 0 Å². The third-order valence-corrected chi connectivity index (χ3v) is 6.62. The average Bonchev–Trinajstić information content (AvgIpc) is 2.51. The number of rotatable bonds is 4. The number of hydrogen-bond acceptors (Lipinski definition) is 3. The fourth-order valence-electron chi connectivity index (χ4n) is 4.48. The summed E-state index contributed by atoms with van der Waals surface area (Å²) in [5, 5.41) is 0. The van der Waals surface area contributed by atoms with Gasteiger partial charge in [0.15, 0.2) is 0 Å². The van der Waals surface area contributed by atoms with Gasteiger partial charge >= 0.3 is 0 Å². The molecule has 0 aromatic heterocycles. The number of piperidine rings is 2. The predicted octanol–water partition coefficient (Wildman–Crippen LogP) is 3.94. The molecular weight excluding hydrogens is 294 g/mol. The molecular formula is C21H43N3. The zero-order valence-corrected chi connectivity index (χ0v) is 17.6. The van der Waals surface area contributed by atoms with Gasteiger partial charge in [0.05, 0.1) is 0 Å². The van der Waals surface area contributed by atoms with E-state index in [4.69, 9.17) is 0 Å². The first-order valence-corrected chi connectivity index (χ1v) is 10.2. The van der Waals surface area contributed by atoms with E-state index < -0.39 is 0 Å². The maximum atomic E-state index is 2.70. The van der Waals surface area contributed by atoms with Crippen molar-refractivity contribution in [2.24, 2.45) is 11.3 Å². The second kappa shape index (κ2) is 8.05. The van der Waals surface area contributed by atoms with Gasteiger partial charge in [-0.2, -0.15) is 0 Å². The summed E-state index contributed by atoms with van der Waals surface area (Å²) in [7, 11) is 2.35. The molecule has 3 heteroatoms. The highest BCUT2D eigenvalue weighted by Gasteiger charge is 2.30. The van der Waals surface area contributed by atoms with Crippen LogP contribution in [-0.4, -0.2) is 72.6 Å². The molecule has 0 bridgehead atoms. The van der Waals surface area contributed by atoms with Gasteiger partial charge in [0, 0.05) is 37.8 Å². The molecule has 3 nitrogen and oxygen atoms in total. The number of nitrogens with zero attached hydrogens (tertiary/aromatic N) is 3. The van der Waals surface area contributed by atoms with Crippen molar-refractivity contribution in [1.29, 1.82) is 0 Å². The molecule has 0 radical (unpaired) electrons. The molecule has 0 aromatic rings. The summed E-state index contributed by atoms with van der Waals surface area (Å²) in [6.07, 6.45) is 5.44. The smallest absolute Gasteiger partial charge is 0.0125 e. The zero-order valence-electron chi connectivity index (χ0n) is 17.6. The maximum absolute atomic E-state index is 2.70. The van der Waals surface area contributed by atoms with E-state index >= 15 is 0 Å². The molecule has 0 N–H and O–H groups in total. The van der Waals surface area contributed by atoms with Crippen molar-refractivity contribution in [3.8, 4) is 0 Å². The average molecular weight is 338 g/mol. The molecule has 0 spiro atoms. The molecule has 0 unspecified atom stereocenters. The Balaban J connectivity index is 1.67. The van der Waals surface area contributed by atoms with Crippen LogP contribution in [0.1, 0.15) is 67.2 Å². The van der Waals surface area contributed by atoms with E-state index in [1.807, 2.05) is 0 Å². The van der Waals surface area contributed by atoms with Crippen molar-refractivity contribution >= 4 is 0 Å². The van der Waals surface area contributed by atoms with E-state index in [0.29, 0.717) is 11.0 Å². The molecule has 2 rings (SSSR count). The second-order valence-electron chi connectivity index (χ2n) is 10.4. The Morgan fingerprint density at radius 1 is 0.833 bits per heavy atom. The zero-order chi connectivity index (χ0) is 18.0. The molecule has 2 aliphatic rings. The van der Waals surface area contributed by atoms with Crippen molar-refractivity contribution < 1.29 is 0 Å². The fraction of sp³-hybridized carbons (Fsp3) is 1.00. The molecule has 2 heterocycles. The van der Waals surface area contributed by atoms with Crippen molar-refractivity contribution in [2.45, 2.75) is 78.8 Å². The first kappa shape index (κ1) is 20.2. The second-order valence-corrected chi connectivity index (χ2v) is 10.4. The van der Waals surface area contributed by atoms with E-state index in [2.05, 4.69) is 63.3 Å². The summed E-state index contributed by atoms with van der Waals surface area (Å²) in [6, 6.07) is 0.788. The van der Waals surface area contributed by atoms with Gasteiger partial charge in [-0.1, -0.05) is 20.8 Å². The van der Waals surface area contributed by atoms with E-state index in [0.717, 1.165) is 12.0 Å². The standard InChI is InChI=1S/C21H43N3/c1-20(2,3)18-8-12-23(13-9-18)17-16-22(7)19-10-14-24(15-11-19)21(4,5)6/h18-19H,8-17H2,1-7H3. The number of likely N-dealkylation sites (tertiary alicyclic amines) is 2. The quantitative estimate of drug-likeness (QED) is 0.769. The normalized spacial score (nSPS) is 24.0. The summed E-state index contributed by atoms with van der Waals surface area (Å²) >= 11 is 0. The Hall–Kier alpha value is -0.120. The molecule has 2 aliphatic heterocycles. The van der Waals surface area contributed by atoms with Gasteiger partial charge in [0.1, 0.15) is 0 Å². The van der Waals surface area contributed by atoms with Crippen LogP contribution in [0.2, 0.25) is 0 Å². The summed E-state index contributed by atoms with van der Waals surface area (Å²) < 4.78 is 0. The topological polar surface area (TPSA) is 9.72 Å². The predicted molar refractivity (Wildman–Crippen MR) is 106 cm³/mol. The van der Waals surface area contributed by atoms with Crippen LogP contribution < -0.4 is 0 Å². The molecule has 0 saturated carbocycles. The molecule has 0 amide bonds. The number of likely N-dealkylation sites (N-methyl/N-ethyl adjacent to an activating group) is 1. The van der Waals surface area contributed by atoms with Gasteiger partial charge in [-0.05, 0) is 77.9 Å². The van der Waals surface area contributed by atoms with Gasteiger partial charge in [-0.3, -0.25) is 4.90 Å². The number of hydrogen-bond donors (Lipinski definition) is 0. The molecule has 2 fully saturated rings. The van der Waals surface area contributed by atoms with Gasteiger partial charge in [0.2, 0.25) is 0 Å². The van der Waals surface area contributed by atoms with Crippen LogP contribution in [0.5, 0.6) is 0 Å². The van der Waals surface area contributed by atoms with Gasteiger partial charge in [0.25, 0.3) is 0 Å². The summed E-state index contributed by atoms with van der Waals surface area (Å²) in [5.41, 5.74) is 0.824. The van der Waals surface area contributed by atoms with Crippen molar-refractivity contribution in [2.75, 3.05) is 46.3 Å². The third-order valence-electron chi connectivity index (χ3n) is 6.62. The fourth-order valence-corrected chi connectivity index (χ4v) is 4.48. The molecule has 24 heavy (non-hydrogen) atoms. The Bertz CT molecular complexity index is 364. The van der Waals surface area contributed by atoms with Gasteiger partial charge < -0.3 is 9.80 Å². The lowest BCUT2D eigenvalue weighted by atomic mass is 9.75. The van der Waals surface area contributed by atoms with Crippen LogP contribution in [0.3, 0.4) is 0 Å². The highest BCUT2D eigenvalue weighted by Crippen LogP contribution is 2.34. The van der Waals surface area contributed by atoms with Crippen LogP contribution in [0.25, 0.3) is 0 Å².